The first-order valence-electron chi connectivity index (χ1n) is 28.2. The van der Waals surface area contributed by atoms with Crippen molar-refractivity contribution in [3.8, 4) is 0 Å². The molecule has 0 radical (unpaired) electrons. The number of esters is 5. The minimum atomic E-state index is -0.351. The Morgan fingerprint density at radius 2 is 1.16 bits per heavy atom. The highest BCUT2D eigenvalue weighted by molar-refractivity contribution is 5.73. The number of allylic oxidation sites excluding steroid dienone is 6. The fraction of sp³-hybridized carbons (Fsp3) is 0.810. The van der Waals surface area contributed by atoms with E-state index >= 15 is 0 Å². The molecule has 5 atom stereocenters. The third kappa shape index (κ3) is 32.2. The monoisotopic (exact) mass is 970 g/mol. The second-order valence-corrected chi connectivity index (χ2v) is 19.9. The van der Waals surface area contributed by atoms with Crippen molar-refractivity contribution in [2.24, 2.45) is 23.7 Å². The molecular formula is C58H99NO10. The largest absolute Gasteiger partial charge is 0.466 e. The summed E-state index contributed by atoms with van der Waals surface area (Å²) >= 11 is 0. The molecule has 396 valence electrons. The van der Waals surface area contributed by atoms with Crippen LogP contribution in [0.4, 0.5) is 0 Å². The van der Waals surface area contributed by atoms with Gasteiger partial charge in [-0.15, -0.1) is 0 Å². The van der Waals surface area contributed by atoms with Crippen LogP contribution in [0.1, 0.15) is 233 Å². The first-order chi connectivity index (χ1) is 33.7. The molecule has 1 saturated carbocycles. The Hall–Kier alpha value is -3.47. The summed E-state index contributed by atoms with van der Waals surface area (Å²) in [6.45, 7) is 10.6. The molecule has 69 heavy (non-hydrogen) atoms. The van der Waals surface area contributed by atoms with E-state index in [2.05, 4.69) is 69.5 Å². The molecule has 1 aliphatic heterocycles. The standard InChI is InChI=1S/C58H99NO10/c1-5-9-13-14-15-16-17-18-19-20-21-22-23-24-25-29-33-51(41-43-65-57(63)44-49-38-39-53(52(49)34-26-10-6-2)69-58(64)50-40-42-59-45-50)68-56(62)37-31-30-32-48(46-66-54(60)35-27-11-7-3)47-67-55(61)36-28-12-8-4/h10,15-16,18-19,26,48-53,59H,5-9,11-14,17,20-25,27-47H2,1-4H3/b16-15-,19-18-,26-10-. The van der Waals surface area contributed by atoms with Crippen LogP contribution in [0, 0.1) is 23.7 Å². The maximum absolute atomic E-state index is 13.3. The maximum atomic E-state index is 13.3. The van der Waals surface area contributed by atoms with Gasteiger partial charge in [0.15, 0.2) is 0 Å². The molecule has 0 aromatic carbocycles. The summed E-state index contributed by atoms with van der Waals surface area (Å²) < 4.78 is 29.1. The number of nitrogens with one attached hydrogen (secondary N) is 1. The minimum absolute atomic E-state index is 0.0701. The Kier molecular flexibility index (Phi) is 37.7. The third-order valence-electron chi connectivity index (χ3n) is 13.7. The lowest BCUT2D eigenvalue weighted by molar-refractivity contribution is -0.156. The number of unbranched alkanes of at least 4 members (excludes halogenated alkanes) is 14. The first kappa shape index (κ1) is 61.6. The molecule has 0 spiro atoms. The number of ether oxygens (including phenoxy) is 5. The Bertz CT molecular complexity index is 1410. The van der Waals surface area contributed by atoms with Gasteiger partial charge in [0.25, 0.3) is 0 Å². The zero-order valence-electron chi connectivity index (χ0n) is 44.2. The molecule has 2 rings (SSSR count). The van der Waals surface area contributed by atoms with Crippen molar-refractivity contribution in [3.05, 3.63) is 36.5 Å². The van der Waals surface area contributed by atoms with E-state index in [-0.39, 0.29) is 98.4 Å². The highest BCUT2D eigenvalue weighted by Gasteiger charge is 2.40. The van der Waals surface area contributed by atoms with Crippen molar-refractivity contribution in [1.29, 1.82) is 0 Å². The zero-order valence-corrected chi connectivity index (χ0v) is 44.2. The van der Waals surface area contributed by atoms with Crippen LogP contribution in [-0.4, -0.2) is 75.0 Å². The average molecular weight is 970 g/mol. The summed E-state index contributed by atoms with van der Waals surface area (Å²) in [5, 5.41) is 3.25. The van der Waals surface area contributed by atoms with Gasteiger partial charge in [0.05, 0.1) is 25.7 Å². The van der Waals surface area contributed by atoms with Gasteiger partial charge in [-0.25, -0.2) is 0 Å². The summed E-state index contributed by atoms with van der Waals surface area (Å²) in [7, 11) is 0. The van der Waals surface area contributed by atoms with E-state index in [0.717, 1.165) is 109 Å². The smallest absolute Gasteiger partial charge is 0.310 e. The van der Waals surface area contributed by atoms with Crippen LogP contribution in [0.25, 0.3) is 0 Å². The van der Waals surface area contributed by atoms with Crippen molar-refractivity contribution in [1.82, 2.24) is 5.32 Å². The molecule has 1 aliphatic carbocycles. The molecular weight excluding hydrogens is 871 g/mol. The highest BCUT2D eigenvalue weighted by Crippen LogP contribution is 2.40. The van der Waals surface area contributed by atoms with Gasteiger partial charge < -0.3 is 29.0 Å². The van der Waals surface area contributed by atoms with E-state index in [0.29, 0.717) is 51.5 Å². The van der Waals surface area contributed by atoms with Crippen LogP contribution >= 0.6 is 0 Å². The number of carbonyl (C=O) groups excluding carboxylic acids is 5. The molecule has 1 saturated heterocycles. The van der Waals surface area contributed by atoms with Gasteiger partial charge in [0.2, 0.25) is 0 Å². The van der Waals surface area contributed by atoms with Gasteiger partial charge in [-0.1, -0.05) is 135 Å². The molecule has 1 N–H and O–H groups in total. The lowest BCUT2D eigenvalue weighted by Gasteiger charge is -2.25. The van der Waals surface area contributed by atoms with Crippen LogP contribution < -0.4 is 5.32 Å². The Morgan fingerprint density at radius 3 is 1.80 bits per heavy atom. The Morgan fingerprint density at radius 1 is 0.565 bits per heavy atom. The van der Waals surface area contributed by atoms with E-state index in [1.54, 1.807) is 0 Å². The van der Waals surface area contributed by atoms with Crippen molar-refractivity contribution in [2.75, 3.05) is 32.9 Å². The highest BCUT2D eigenvalue weighted by atomic mass is 16.6. The second kappa shape index (κ2) is 42.2. The molecule has 11 nitrogen and oxygen atoms in total. The van der Waals surface area contributed by atoms with Crippen LogP contribution in [0.5, 0.6) is 0 Å². The van der Waals surface area contributed by atoms with Gasteiger partial charge in [-0.2, -0.15) is 0 Å². The normalized spacial score (nSPS) is 18.7. The van der Waals surface area contributed by atoms with Crippen LogP contribution in [0.3, 0.4) is 0 Å². The van der Waals surface area contributed by atoms with E-state index in [4.69, 9.17) is 23.7 Å². The summed E-state index contributed by atoms with van der Waals surface area (Å²) in [4.78, 5) is 64.3. The van der Waals surface area contributed by atoms with Gasteiger partial charge in [-0.05, 0) is 115 Å². The van der Waals surface area contributed by atoms with Gasteiger partial charge >= 0.3 is 29.8 Å². The lowest BCUT2D eigenvalue weighted by atomic mass is 9.88. The maximum Gasteiger partial charge on any atom is 0.310 e. The number of hydrogen-bond acceptors (Lipinski definition) is 11. The molecule has 0 aromatic heterocycles. The summed E-state index contributed by atoms with van der Waals surface area (Å²) in [5.41, 5.74) is 0. The van der Waals surface area contributed by atoms with Crippen molar-refractivity contribution >= 4 is 29.8 Å². The van der Waals surface area contributed by atoms with Gasteiger partial charge in [0, 0.05) is 50.5 Å². The fourth-order valence-corrected chi connectivity index (χ4v) is 9.34. The molecule has 1 heterocycles. The summed E-state index contributed by atoms with van der Waals surface area (Å²) in [6, 6.07) is 0. The fourth-order valence-electron chi connectivity index (χ4n) is 9.34. The number of hydrogen-bond donors (Lipinski definition) is 1. The molecule has 2 aliphatic rings. The van der Waals surface area contributed by atoms with Crippen LogP contribution in [0.2, 0.25) is 0 Å². The quantitative estimate of drug-likeness (QED) is 0.0270. The Balaban J connectivity index is 1.90. The predicted molar refractivity (Wildman–Crippen MR) is 277 cm³/mol. The van der Waals surface area contributed by atoms with Crippen molar-refractivity contribution in [3.63, 3.8) is 0 Å². The third-order valence-corrected chi connectivity index (χ3v) is 13.7. The minimum Gasteiger partial charge on any atom is -0.466 e. The van der Waals surface area contributed by atoms with Crippen molar-refractivity contribution < 1.29 is 47.7 Å². The average Bonchev–Trinajstić information content (AvgIpc) is 4.02. The van der Waals surface area contributed by atoms with Crippen LogP contribution in [-0.2, 0) is 47.7 Å². The van der Waals surface area contributed by atoms with Crippen molar-refractivity contribution in [2.45, 2.75) is 245 Å². The molecule has 5 unspecified atom stereocenters. The Labute approximate surface area is 419 Å². The SMILES string of the molecule is CC/C=C\CC1C(CC(=O)OCCC(CCCCCCCC/C=C\C/C=C\CCCCC)OC(=O)CCCCC(COC(=O)CCCCC)COC(=O)CCCCC)CCC1OC(=O)C1CCNC1. The molecule has 0 amide bonds. The molecule has 0 bridgehead atoms. The second-order valence-electron chi connectivity index (χ2n) is 19.9. The van der Waals surface area contributed by atoms with Gasteiger partial charge in [0.1, 0.15) is 12.2 Å². The predicted octanol–water partition coefficient (Wildman–Crippen LogP) is 13.8. The molecule has 2 fully saturated rings. The van der Waals surface area contributed by atoms with E-state index in [9.17, 15) is 24.0 Å². The first-order valence-corrected chi connectivity index (χ1v) is 28.2. The molecule has 0 aromatic rings. The zero-order chi connectivity index (χ0) is 50.0. The van der Waals surface area contributed by atoms with E-state index in [1.165, 1.54) is 44.9 Å². The van der Waals surface area contributed by atoms with E-state index < -0.39 is 0 Å². The topological polar surface area (TPSA) is 144 Å². The van der Waals surface area contributed by atoms with Crippen LogP contribution in [0.15, 0.2) is 36.5 Å². The number of rotatable bonds is 43. The van der Waals surface area contributed by atoms with Gasteiger partial charge in [-0.3, -0.25) is 24.0 Å². The number of carbonyl (C=O) groups is 5. The lowest BCUT2D eigenvalue weighted by Crippen LogP contribution is -2.30. The van der Waals surface area contributed by atoms with E-state index in [1.807, 2.05) is 0 Å². The molecule has 11 heteroatoms. The summed E-state index contributed by atoms with van der Waals surface area (Å²) in [6.07, 6.45) is 40.8. The summed E-state index contributed by atoms with van der Waals surface area (Å²) in [5.74, 6) is -1.21.